The zero-order chi connectivity index (χ0) is 17.9. The van der Waals surface area contributed by atoms with Crippen LogP contribution in [0, 0.1) is 5.41 Å². The Hall–Kier alpha value is -1.12. The van der Waals surface area contributed by atoms with Gasteiger partial charge in [-0.15, -0.1) is 0 Å². The molecule has 4 N–H and O–H groups in total. The molecule has 0 fully saturated rings. The number of hydrogen-bond donors (Lipinski definition) is 4. The lowest BCUT2D eigenvalue weighted by atomic mass is 9.87. The first-order valence-electron chi connectivity index (χ1n) is 7.73. The highest BCUT2D eigenvalue weighted by Crippen LogP contribution is 2.19. The standard InChI is InChI=1S/C15H28N2O5S/c1-4-5-12(20)23-9-8-16-11(19)6-7-17-14(22)13(21)15(2,3)10-18/h13,18,21H,4-10H2,1-3H3,(H,16,19)(H,17,22)/t13-/m0/s1. The van der Waals surface area contributed by atoms with Crippen molar-refractivity contribution in [3.05, 3.63) is 0 Å². The smallest absolute Gasteiger partial charge is 0.249 e. The molecule has 0 aromatic rings. The van der Waals surface area contributed by atoms with Crippen LogP contribution < -0.4 is 10.6 Å². The van der Waals surface area contributed by atoms with Crippen LogP contribution >= 0.6 is 11.8 Å². The predicted octanol–water partition coefficient (Wildman–Crippen LogP) is 0.0482. The van der Waals surface area contributed by atoms with E-state index in [0.717, 1.165) is 6.42 Å². The van der Waals surface area contributed by atoms with Crippen LogP contribution in [0.15, 0.2) is 0 Å². The summed E-state index contributed by atoms with van der Waals surface area (Å²) in [5.41, 5.74) is -0.936. The summed E-state index contributed by atoms with van der Waals surface area (Å²) >= 11 is 1.20. The average molecular weight is 348 g/mol. The molecule has 0 unspecified atom stereocenters. The van der Waals surface area contributed by atoms with Crippen LogP contribution in [-0.2, 0) is 14.4 Å². The van der Waals surface area contributed by atoms with Gasteiger partial charge in [-0.05, 0) is 6.42 Å². The van der Waals surface area contributed by atoms with Gasteiger partial charge in [-0.25, -0.2) is 0 Å². The molecular formula is C15H28N2O5S. The fourth-order valence-corrected chi connectivity index (χ4v) is 2.34. The second kappa shape index (κ2) is 11.4. The summed E-state index contributed by atoms with van der Waals surface area (Å²) in [6.07, 6.45) is 0.107. The third-order valence-corrected chi connectivity index (χ3v) is 4.12. The van der Waals surface area contributed by atoms with Crippen LogP contribution in [0.4, 0.5) is 0 Å². The molecular weight excluding hydrogens is 320 g/mol. The molecule has 0 aromatic heterocycles. The molecule has 0 aliphatic rings. The molecule has 0 saturated heterocycles. The second-order valence-electron chi connectivity index (χ2n) is 5.91. The molecule has 134 valence electrons. The van der Waals surface area contributed by atoms with Crippen molar-refractivity contribution in [2.24, 2.45) is 5.41 Å². The minimum Gasteiger partial charge on any atom is -0.396 e. The number of rotatable bonds is 11. The summed E-state index contributed by atoms with van der Waals surface area (Å²) in [5.74, 6) is -0.317. The molecule has 0 aliphatic carbocycles. The fraction of sp³-hybridized carbons (Fsp3) is 0.800. The molecule has 0 heterocycles. The summed E-state index contributed by atoms with van der Waals surface area (Å²) in [5, 5.41) is 24.1. The molecule has 0 saturated carbocycles. The number of aliphatic hydroxyl groups is 2. The van der Waals surface area contributed by atoms with E-state index in [4.69, 9.17) is 5.11 Å². The van der Waals surface area contributed by atoms with E-state index in [1.807, 2.05) is 6.92 Å². The van der Waals surface area contributed by atoms with E-state index in [9.17, 15) is 19.5 Å². The quantitative estimate of drug-likeness (QED) is 0.392. The van der Waals surface area contributed by atoms with E-state index in [-0.39, 0.29) is 30.6 Å². The van der Waals surface area contributed by atoms with Crippen molar-refractivity contribution in [3.63, 3.8) is 0 Å². The molecule has 0 spiro atoms. The van der Waals surface area contributed by atoms with E-state index in [1.165, 1.54) is 11.8 Å². The Morgan fingerprint density at radius 3 is 2.35 bits per heavy atom. The highest BCUT2D eigenvalue weighted by molar-refractivity contribution is 8.13. The molecule has 2 amide bonds. The Morgan fingerprint density at radius 2 is 1.78 bits per heavy atom. The number of amides is 2. The van der Waals surface area contributed by atoms with E-state index in [1.54, 1.807) is 13.8 Å². The van der Waals surface area contributed by atoms with E-state index in [0.29, 0.717) is 18.7 Å². The van der Waals surface area contributed by atoms with Gasteiger partial charge in [0.2, 0.25) is 11.8 Å². The number of nitrogens with one attached hydrogen (secondary N) is 2. The van der Waals surface area contributed by atoms with Gasteiger partial charge in [0.15, 0.2) is 5.12 Å². The summed E-state index contributed by atoms with van der Waals surface area (Å²) in [6, 6.07) is 0. The average Bonchev–Trinajstić information content (AvgIpc) is 2.50. The molecule has 0 bridgehead atoms. The Morgan fingerprint density at radius 1 is 1.13 bits per heavy atom. The first-order valence-corrected chi connectivity index (χ1v) is 8.72. The topological polar surface area (TPSA) is 116 Å². The number of hydrogen-bond acceptors (Lipinski definition) is 6. The van der Waals surface area contributed by atoms with Gasteiger partial charge < -0.3 is 20.8 Å². The number of carbonyl (C=O) groups is 3. The fourth-order valence-electron chi connectivity index (χ4n) is 1.56. The lowest BCUT2D eigenvalue weighted by molar-refractivity contribution is -0.137. The van der Waals surface area contributed by atoms with Crippen LogP contribution in [0.5, 0.6) is 0 Å². The molecule has 1 atom stereocenters. The number of aliphatic hydroxyl groups excluding tert-OH is 2. The Labute approximate surface area is 141 Å². The predicted molar refractivity (Wildman–Crippen MR) is 89.9 cm³/mol. The minimum atomic E-state index is -1.34. The van der Waals surface area contributed by atoms with Gasteiger partial charge in [-0.1, -0.05) is 32.5 Å². The third-order valence-electron chi connectivity index (χ3n) is 3.19. The highest BCUT2D eigenvalue weighted by Gasteiger charge is 2.32. The van der Waals surface area contributed by atoms with E-state index < -0.39 is 17.4 Å². The first-order chi connectivity index (χ1) is 10.7. The van der Waals surface area contributed by atoms with Crippen molar-refractivity contribution < 1.29 is 24.6 Å². The summed E-state index contributed by atoms with van der Waals surface area (Å²) < 4.78 is 0. The van der Waals surface area contributed by atoms with Crippen molar-refractivity contribution >= 4 is 28.7 Å². The van der Waals surface area contributed by atoms with Crippen molar-refractivity contribution in [2.75, 3.05) is 25.4 Å². The summed E-state index contributed by atoms with van der Waals surface area (Å²) in [7, 11) is 0. The van der Waals surface area contributed by atoms with Gasteiger partial charge >= 0.3 is 0 Å². The van der Waals surface area contributed by atoms with Crippen LogP contribution in [0.25, 0.3) is 0 Å². The van der Waals surface area contributed by atoms with Crippen molar-refractivity contribution in [3.8, 4) is 0 Å². The molecule has 8 heteroatoms. The first kappa shape index (κ1) is 21.9. The van der Waals surface area contributed by atoms with Gasteiger partial charge in [0.05, 0.1) is 6.61 Å². The van der Waals surface area contributed by atoms with Crippen LogP contribution in [0.1, 0.15) is 40.0 Å². The van der Waals surface area contributed by atoms with Gasteiger partial charge in [-0.3, -0.25) is 14.4 Å². The Balaban J connectivity index is 3.82. The SMILES string of the molecule is CCCC(=O)SCCNC(=O)CCNC(=O)[C@H](O)C(C)(C)CO. The summed E-state index contributed by atoms with van der Waals surface area (Å²) in [6.45, 7) is 5.25. The zero-order valence-corrected chi connectivity index (χ0v) is 14.9. The molecule has 7 nitrogen and oxygen atoms in total. The number of thioether (sulfide) groups is 1. The number of carbonyl (C=O) groups excluding carboxylic acids is 3. The van der Waals surface area contributed by atoms with Crippen LogP contribution in [-0.4, -0.2) is 58.7 Å². The zero-order valence-electron chi connectivity index (χ0n) is 14.1. The molecule has 0 rings (SSSR count). The molecule has 23 heavy (non-hydrogen) atoms. The maximum absolute atomic E-state index is 11.7. The third kappa shape index (κ3) is 9.58. The maximum Gasteiger partial charge on any atom is 0.249 e. The van der Waals surface area contributed by atoms with Crippen molar-refractivity contribution in [1.82, 2.24) is 10.6 Å². The van der Waals surface area contributed by atoms with Crippen LogP contribution in [0.2, 0.25) is 0 Å². The van der Waals surface area contributed by atoms with Crippen molar-refractivity contribution in [1.29, 1.82) is 0 Å². The lowest BCUT2D eigenvalue weighted by Gasteiger charge is -2.27. The van der Waals surface area contributed by atoms with E-state index in [2.05, 4.69) is 10.6 Å². The van der Waals surface area contributed by atoms with Gasteiger partial charge in [-0.2, -0.15) is 0 Å². The van der Waals surface area contributed by atoms with Gasteiger partial charge in [0.25, 0.3) is 0 Å². The Kier molecular flexibility index (Phi) is 10.9. The van der Waals surface area contributed by atoms with Gasteiger partial charge in [0.1, 0.15) is 6.10 Å². The second-order valence-corrected chi connectivity index (χ2v) is 7.06. The van der Waals surface area contributed by atoms with Gasteiger partial charge in [0, 0.05) is 37.1 Å². The van der Waals surface area contributed by atoms with E-state index >= 15 is 0 Å². The monoisotopic (exact) mass is 348 g/mol. The lowest BCUT2D eigenvalue weighted by Crippen LogP contribution is -2.46. The molecule has 0 aliphatic heterocycles. The maximum atomic E-state index is 11.7. The normalized spacial score (nSPS) is 12.6. The Bertz CT molecular complexity index is 401. The van der Waals surface area contributed by atoms with Crippen molar-refractivity contribution in [2.45, 2.75) is 46.1 Å². The molecule has 0 aromatic carbocycles. The highest BCUT2D eigenvalue weighted by atomic mass is 32.2. The summed E-state index contributed by atoms with van der Waals surface area (Å²) in [4.78, 5) is 34.5. The minimum absolute atomic E-state index is 0.0889. The molecule has 0 radical (unpaired) electrons. The largest absolute Gasteiger partial charge is 0.396 e. The van der Waals surface area contributed by atoms with Crippen LogP contribution in [0.3, 0.4) is 0 Å².